The molecule has 1 aliphatic rings. The lowest BCUT2D eigenvalue weighted by atomic mass is 9.81. The van der Waals surface area contributed by atoms with Crippen molar-refractivity contribution in [3.63, 3.8) is 0 Å². The van der Waals surface area contributed by atoms with Gasteiger partial charge in [-0.05, 0) is 91.0 Å². The third-order valence-electron chi connectivity index (χ3n) is 7.20. The van der Waals surface area contributed by atoms with Gasteiger partial charge in [0.2, 0.25) is 0 Å². The molecular formula is C33H33Cl2NO2S2. The van der Waals surface area contributed by atoms with E-state index in [4.69, 9.17) is 32.9 Å². The minimum atomic E-state index is -0.727. The van der Waals surface area contributed by atoms with Gasteiger partial charge in [-0.25, -0.2) is 4.98 Å². The van der Waals surface area contributed by atoms with Gasteiger partial charge in [0.1, 0.15) is 15.5 Å². The van der Waals surface area contributed by atoms with Crippen molar-refractivity contribution in [3.8, 4) is 0 Å². The average molecular weight is 611 g/mol. The summed E-state index contributed by atoms with van der Waals surface area (Å²) in [6, 6.07) is 21.1. The molecular weight excluding hydrogens is 577 g/mol. The number of carbonyl (C=O) groups excluding carboxylic acids is 1. The summed E-state index contributed by atoms with van der Waals surface area (Å²) in [6.45, 7) is 5.42. The largest absolute Gasteiger partial charge is 0.455 e. The van der Waals surface area contributed by atoms with Crippen LogP contribution in [0.4, 0.5) is 0 Å². The van der Waals surface area contributed by atoms with E-state index in [-0.39, 0.29) is 11.9 Å². The first kappa shape index (κ1) is 29.2. The van der Waals surface area contributed by atoms with Crippen LogP contribution < -0.4 is 0 Å². The number of esters is 1. The molecule has 1 atom stereocenters. The number of thiophene rings is 1. The second-order valence-electron chi connectivity index (χ2n) is 10.8. The van der Waals surface area contributed by atoms with Crippen molar-refractivity contribution in [2.45, 2.75) is 51.6 Å². The van der Waals surface area contributed by atoms with Crippen LogP contribution >= 0.6 is 46.3 Å². The number of hydrogen-bond acceptors (Lipinski definition) is 5. The van der Waals surface area contributed by atoms with Crippen LogP contribution in [-0.4, -0.2) is 22.5 Å². The number of nitrogens with zero attached hydrogens (tertiary/aromatic N) is 1. The summed E-state index contributed by atoms with van der Waals surface area (Å²) in [5, 5.41) is 0.511. The molecule has 2 aromatic heterocycles. The van der Waals surface area contributed by atoms with Gasteiger partial charge in [-0.3, -0.25) is 4.79 Å². The zero-order valence-electron chi connectivity index (χ0n) is 23.0. The van der Waals surface area contributed by atoms with Gasteiger partial charge in [-0.2, -0.15) is 11.8 Å². The van der Waals surface area contributed by atoms with Crippen molar-refractivity contribution in [1.82, 2.24) is 4.98 Å². The number of aromatic nitrogens is 1. The SMILES string of the molecule is CC(=O)OC(C)(C)c1ccccc1[C@H](CCSCC1CC1)c1cccc(C=Cc2ccc3sc(Cl)c(Cl)c3n2)c1. The Labute approximate surface area is 255 Å². The Morgan fingerprint density at radius 3 is 2.70 bits per heavy atom. The normalized spacial score (nSPS) is 14.6. The van der Waals surface area contributed by atoms with Crippen LogP contribution in [0, 0.1) is 5.92 Å². The number of halogens is 2. The lowest BCUT2D eigenvalue weighted by Crippen LogP contribution is -2.26. The number of thioether (sulfide) groups is 1. The lowest BCUT2D eigenvalue weighted by Gasteiger charge is -2.30. The van der Waals surface area contributed by atoms with E-state index in [1.165, 1.54) is 48.0 Å². The number of benzene rings is 2. The molecule has 0 N–H and O–H groups in total. The molecule has 0 aliphatic heterocycles. The highest BCUT2D eigenvalue weighted by Gasteiger charge is 2.30. The lowest BCUT2D eigenvalue weighted by molar-refractivity contribution is -0.154. The molecule has 0 saturated heterocycles. The number of hydrogen-bond donors (Lipinski definition) is 0. The molecule has 2 aromatic carbocycles. The fourth-order valence-corrected chi connectivity index (χ4v) is 7.74. The van der Waals surface area contributed by atoms with Gasteiger partial charge in [0.25, 0.3) is 0 Å². The van der Waals surface area contributed by atoms with Crippen LogP contribution in [-0.2, 0) is 15.1 Å². The van der Waals surface area contributed by atoms with Crippen LogP contribution in [0.25, 0.3) is 22.4 Å². The number of ether oxygens (including phenoxy) is 1. The Balaban J connectivity index is 1.45. The van der Waals surface area contributed by atoms with Gasteiger partial charge < -0.3 is 4.74 Å². The van der Waals surface area contributed by atoms with Crippen molar-refractivity contribution < 1.29 is 9.53 Å². The minimum absolute atomic E-state index is 0.173. The first-order chi connectivity index (χ1) is 19.2. The summed E-state index contributed by atoms with van der Waals surface area (Å²) in [7, 11) is 0. The first-order valence-electron chi connectivity index (χ1n) is 13.6. The van der Waals surface area contributed by atoms with Crippen molar-refractivity contribution in [3.05, 3.63) is 98.0 Å². The molecule has 1 fully saturated rings. The number of pyridine rings is 1. The quantitative estimate of drug-likeness (QED) is 0.125. The fourth-order valence-electron chi connectivity index (χ4n) is 5.09. The Morgan fingerprint density at radius 1 is 1.12 bits per heavy atom. The highest BCUT2D eigenvalue weighted by Crippen LogP contribution is 2.40. The van der Waals surface area contributed by atoms with E-state index in [1.54, 1.807) is 0 Å². The first-order valence-corrected chi connectivity index (χ1v) is 16.3. The summed E-state index contributed by atoms with van der Waals surface area (Å²) in [6.07, 6.45) is 7.86. The Morgan fingerprint density at radius 2 is 1.93 bits per heavy atom. The van der Waals surface area contributed by atoms with Crippen LogP contribution in [0.2, 0.25) is 9.36 Å². The van der Waals surface area contributed by atoms with E-state index >= 15 is 0 Å². The van der Waals surface area contributed by atoms with Crippen molar-refractivity contribution in [2.24, 2.45) is 5.92 Å². The fraction of sp³-hybridized carbons (Fsp3) is 0.333. The van der Waals surface area contributed by atoms with E-state index in [2.05, 4.69) is 60.3 Å². The maximum Gasteiger partial charge on any atom is 0.303 e. The topological polar surface area (TPSA) is 39.2 Å². The van der Waals surface area contributed by atoms with Gasteiger partial charge >= 0.3 is 5.97 Å². The van der Waals surface area contributed by atoms with Crippen molar-refractivity contribution in [2.75, 3.05) is 11.5 Å². The van der Waals surface area contributed by atoms with Crippen molar-refractivity contribution in [1.29, 1.82) is 0 Å². The van der Waals surface area contributed by atoms with E-state index in [1.807, 2.05) is 38.1 Å². The second-order valence-corrected chi connectivity index (χ2v) is 14.0. The Kier molecular flexibility index (Phi) is 9.26. The third kappa shape index (κ3) is 7.12. The molecule has 0 radical (unpaired) electrons. The summed E-state index contributed by atoms with van der Waals surface area (Å²) < 4.78 is 7.33. The van der Waals surface area contributed by atoms with Crippen LogP contribution in [0.5, 0.6) is 0 Å². The van der Waals surface area contributed by atoms with Gasteiger partial charge in [0, 0.05) is 12.8 Å². The van der Waals surface area contributed by atoms with Gasteiger partial charge in [-0.1, -0.05) is 77.8 Å². The molecule has 40 heavy (non-hydrogen) atoms. The molecule has 0 unspecified atom stereocenters. The molecule has 1 aliphatic carbocycles. The van der Waals surface area contributed by atoms with Crippen molar-refractivity contribution >= 4 is 74.6 Å². The molecule has 0 bridgehead atoms. The molecule has 0 spiro atoms. The van der Waals surface area contributed by atoms with Crippen LogP contribution in [0.1, 0.15) is 73.9 Å². The van der Waals surface area contributed by atoms with Gasteiger partial charge in [0.15, 0.2) is 0 Å². The summed E-state index contributed by atoms with van der Waals surface area (Å²) in [5.41, 5.74) is 5.44. The Bertz CT molecular complexity index is 1540. The predicted octanol–water partition coefficient (Wildman–Crippen LogP) is 10.2. The molecule has 0 amide bonds. The molecule has 5 rings (SSSR count). The maximum absolute atomic E-state index is 11.9. The number of carbonyl (C=O) groups is 1. The van der Waals surface area contributed by atoms with Gasteiger partial charge in [-0.15, -0.1) is 11.3 Å². The van der Waals surface area contributed by atoms with Crippen LogP contribution in [0.3, 0.4) is 0 Å². The minimum Gasteiger partial charge on any atom is -0.455 e. The average Bonchev–Trinajstić information content (AvgIpc) is 3.71. The maximum atomic E-state index is 11.9. The monoisotopic (exact) mass is 609 g/mol. The van der Waals surface area contributed by atoms with Gasteiger partial charge in [0.05, 0.1) is 15.4 Å². The molecule has 4 aromatic rings. The second kappa shape index (κ2) is 12.7. The predicted molar refractivity (Wildman–Crippen MR) is 173 cm³/mol. The molecule has 2 heterocycles. The zero-order valence-corrected chi connectivity index (χ0v) is 26.1. The summed E-state index contributed by atoms with van der Waals surface area (Å²) >= 11 is 16.1. The third-order valence-corrected chi connectivity index (χ3v) is 10.4. The van der Waals surface area contributed by atoms with E-state index < -0.39 is 5.60 Å². The van der Waals surface area contributed by atoms with E-state index in [0.29, 0.717) is 9.36 Å². The summed E-state index contributed by atoms with van der Waals surface area (Å²) in [5.74, 6) is 3.12. The highest BCUT2D eigenvalue weighted by molar-refractivity contribution is 7.99. The van der Waals surface area contributed by atoms with E-state index in [9.17, 15) is 4.79 Å². The zero-order chi connectivity index (χ0) is 28.3. The number of fused-ring (bicyclic) bond motifs is 1. The molecule has 208 valence electrons. The molecule has 3 nitrogen and oxygen atoms in total. The molecule has 1 saturated carbocycles. The Hall–Kier alpha value is -2.31. The van der Waals surface area contributed by atoms with Crippen LogP contribution in [0.15, 0.2) is 60.7 Å². The smallest absolute Gasteiger partial charge is 0.303 e. The van der Waals surface area contributed by atoms with E-state index in [0.717, 1.165) is 45.1 Å². The standard InChI is InChI=1S/C33H33Cl2NO2S2/c1-21(37)38-33(2,3)28-10-5-4-9-27(28)26(17-18-39-20-23-11-12-23)24-8-6-7-22(19-24)13-14-25-15-16-29-31(36-25)30(34)32(35)40-29/h4-10,13-16,19,23,26H,11-12,17-18,20H2,1-3H3/t26-/m1/s1. The highest BCUT2D eigenvalue weighted by atomic mass is 35.5. The molecule has 7 heteroatoms. The number of rotatable bonds is 11. The summed E-state index contributed by atoms with van der Waals surface area (Å²) in [4.78, 5) is 16.6.